The molecule has 1 N–H and O–H groups in total. The number of rotatable bonds is 9. The zero-order valence-electron chi connectivity index (χ0n) is 18.2. The van der Waals surface area contributed by atoms with Crippen LogP contribution >= 0.6 is 0 Å². The Morgan fingerprint density at radius 3 is 2.61 bits per heavy atom. The second-order valence-electron chi connectivity index (χ2n) is 7.39. The average molecular weight is 424 g/mol. The molecule has 164 valence electrons. The van der Waals surface area contributed by atoms with E-state index in [4.69, 9.17) is 4.74 Å². The maximum atomic E-state index is 13.0. The molecule has 0 spiro atoms. The fraction of sp³-hybridized carbons (Fsp3) is 0.375. The first-order valence-corrected chi connectivity index (χ1v) is 10.6. The predicted octanol–water partition coefficient (Wildman–Crippen LogP) is 3.24. The molecule has 7 nitrogen and oxygen atoms in total. The smallest absolute Gasteiger partial charge is 0.295 e. The van der Waals surface area contributed by atoms with Crippen LogP contribution in [0.4, 0.5) is 0 Å². The summed E-state index contributed by atoms with van der Waals surface area (Å²) in [6, 6.07) is 9.71. The fourth-order valence-electron chi connectivity index (χ4n) is 3.93. The molecule has 1 aliphatic heterocycles. The van der Waals surface area contributed by atoms with Gasteiger partial charge >= 0.3 is 0 Å². The van der Waals surface area contributed by atoms with Gasteiger partial charge in [-0.1, -0.05) is 32.0 Å². The van der Waals surface area contributed by atoms with Gasteiger partial charge in [-0.15, -0.1) is 0 Å². The van der Waals surface area contributed by atoms with Gasteiger partial charge in [-0.05, 0) is 49.8 Å². The van der Waals surface area contributed by atoms with Gasteiger partial charge in [-0.25, -0.2) is 0 Å². The highest BCUT2D eigenvalue weighted by Crippen LogP contribution is 2.39. The minimum absolute atomic E-state index is 0.0779. The number of ketones is 1. The van der Waals surface area contributed by atoms with Gasteiger partial charge in [0.05, 0.1) is 18.7 Å². The number of nitrogens with zero attached hydrogens (tertiary/aromatic N) is 3. The molecule has 2 heterocycles. The first-order valence-electron chi connectivity index (χ1n) is 10.6. The van der Waals surface area contributed by atoms with Crippen LogP contribution in [0.15, 0.2) is 54.4 Å². The Hall–Kier alpha value is -3.19. The third-order valence-corrected chi connectivity index (χ3v) is 5.65. The number of hydrogen-bond acceptors (Lipinski definition) is 6. The molecule has 1 saturated heterocycles. The molecule has 1 fully saturated rings. The van der Waals surface area contributed by atoms with E-state index in [1.54, 1.807) is 47.6 Å². The summed E-state index contributed by atoms with van der Waals surface area (Å²) in [7, 11) is 1.53. The molecule has 31 heavy (non-hydrogen) atoms. The lowest BCUT2D eigenvalue weighted by Crippen LogP contribution is -2.33. The Bertz CT molecular complexity index is 954. The van der Waals surface area contributed by atoms with E-state index in [1.165, 1.54) is 7.11 Å². The van der Waals surface area contributed by atoms with Gasteiger partial charge in [0.15, 0.2) is 0 Å². The zero-order chi connectivity index (χ0) is 22.4. The van der Waals surface area contributed by atoms with Crippen molar-refractivity contribution in [3.63, 3.8) is 0 Å². The number of carbonyl (C=O) groups is 2. The van der Waals surface area contributed by atoms with E-state index >= 15 is 0 Å². The van der Waals surface area contributed by atoms with Crippen LogP contribution in [0.5, 0.6) is 5.75 Å². The number of likely N-dealkylation sites (tertiary alicyclic amines) is 1. The molecule has 1 atom stereocenters. The lowest BCUT2D eigenvalue weighted by atomic mass is 9.96. The topological polar surface area (TPSA) is 83.0 Å². The third kappa shape index (κ3) is 4.77. The van der Waals surface area contributed by atoms with E-state index in [-0.39, 0.29) is 11.3 Å². The second-order valence-corrected chi connectivity index (χ2v) is 7.39. The maximum Gasteiger partial charge on any atom is 0.295 e. The average Bonchev–Trinajstić information content (AvgIpc) is 3.07. The predicted molar refractivity (Wildman–Crippen MR) is 119 cm³/mol. The maximum absolute atomic E-state index is 13.0. The highest BCUT2D eigenvalue weighted by atomic mass is 16.5. The number of amides is 1. The number of carbonyl (C=O) groups excluding carboxylic acids is 2. The molecule has 7 heteroatoms. The number of Topliss-reactive ketones (excluding diaryl/α,β-unsaturated/α-hetero) is 1. The summed E-state index contributed by atoms with van der Waals surface area (Å²) in [6.45, 7) is 7.29. The normalized spacial score (nSPS) is 18.1. The molecule has 1 aromatic carbocycles. The third-order valence-electron chi connectivity index (χ3n) is 5.65. The van der Waals surface area contributed by atoms with Gasteiger partial charge in [0.25, 0.3) is 11.7 Å². The Labute approximate surface area is 183 Å². The summed E-state index contributed by atoms with van der Waals surface area (Å²) in [5.41, 5.74) is 1.19. The number of aromatic nitrogens is 1. The first kappa shape index (κ1) is 22.5. The van der Waals surface area contributed by atoms with Crippen LogP contribution < -0.4 is 4.74 Å². The number of hydrogen-bond donors (Lipinski definition) is 1. The highest BCUT2D eigenvalue weighted by molar-refractivity contribution is 6.46. The van der Waals surface area contributed by atoms with Crippen LogP contribution in [0, 0.1) is 0 Å². The van der Waals surface area contributed by atoms with Crippen molar-refractivity contribution in [1.82, 2.24) is 14.8 Å². The second kappa shape index (κ2) is 10.2. The minimum Gasteiger partial charge on any atom is -0.507 e. The summed E-state index contributed by atoms with van der Waals surface area (Å²) in [6.07, 6.45) is 4.00. The molecule has 1 amide bonds. The summed E-state index contributed by atoms with van der Waals surface area (Å²) in [5.74, 6) is -0.942. The molecule has 1 aliphatic rings. The van der Waals surface area contributed by atoms with Gasteiger partial charge in [-0.3, -0.25) is 14.6 Å². The van der Waals surface area contributed by atoms with Gasteiger partial charge in [0, 0.05) is 24.5 Å². The fourth-order valence-corrected chi connectivity index (χ4v) is 3.93. The molecule has 0 unspecified atom stereocenters. The zero-order valence-corrected chi connectivity index (χ0v) is 18.2. The molecular weight excluding hydrogens is 394 g/mol. The van der Waals surface area contributed by atoms with Crippen LogP contribution in [-0.4, -0.2) is 64.9 Å². The lowest BCUT2D eigenvalue weighted by molar-refractivity contribution is -0.140. The van der Waals surface area contributed by atoms with Crippen molar-refractivity contribution in [2.75, 3.05) is 33.3 Å². The number of benzene rings is 1. The van der Waals surface area contributed by atoms with Crippen LogP contribution in [0.25, 0.3) is 5.76 Å². The Morgan fingerprint density at radius 2 is 1.97 bits per heavy atom. The van der Waals surface area contributed by atoms with Crippen LogP contribution in [-0.2, 0) is 9.59 Å². The van der Waals surface area contributed by atoms with E-state index in [9.17, 15) is 14.7 Å². The summed E-state index contributed by atoms with van der Waals surface area (Å²) in [4.78, 5) is 33.9. The Morgan fingerprint density at radius 1 is 1.19 bits per heavy atom. The van der Waals surface area contributed by atoms with Crippen LogP contribution in [0.1, 0.15) is 37.4 Å². The number of pyridine rings is 1. The molecule has 0 saturated carbocycles. The van der Waals surface area contributed by atoms with Crippen molar-refractivity contribution in [2.24, 2.45) is 0 Å². The van der Waals surface area contributed by atoms with E-state index in [1.807, 2.05) is 6.07 Å². The quantitative estimate of drug-likeness (QED) is 0.379. The molecule has 0 radical (unpaired) electrons. The molecule has 2 aromatic rings. The van der Waals surface area contributed by atoms with E-state index < -0.39 is 17.7 Å². The molecule has 3 rings (SSSR count). The number of aliphatic hydroxyl groups is 1. The van der Waals surface area contributed by atoms with Crippen molar-refractivity contribution in [2.45, 2.75) is 26.3 Å². The Balaban J connectivity index is 2.01. The van der Waals surface area contributed by atoms with Gasteiger partial charge < -0.3 is 19.6 Å². The van der Waals surface area contributed by atoms with E-state index in [0.717, 1.165) is 26.1 Å². The number of ether oxygens (including phenoxy) is 1. The SMILES string of the molecule is CCN(CC)CCCN1C(=O)C(=O)C(=C(O)c2cccc(OC)c2)[C@H]1c1cccnc1. The van der Waals surface area contributed by atoms with Gasteiger partial charge in [-0.2, -0.15) is 0 Å². The summed E-state index contributed by atoms with van der Waals surface area (Å²) >= 11 is 0. The van der Waals surface area contributed by atoms with Crippen LogP contribution in [0.3, 0.4) is 0 Å². The molecule has 1 aromatic heterocycles. The van der Waals surface area contributed by atoms with Gasteiger partial charge in [0.2, 0.25) is 0 Å². The first-order chi connectivity index (χ1) is 15.0. The summed E-state index contributed by atoms with van der Waals surface area (Å²) in [5, 5.41) is 11.1. The highest BCUT2D eigenvalue weighted by Gasteiger charge is 2.45. The Kier molecular flexibility index (Phi) is 7.41. The number of aliphatic hydroxyl groups excluding tert-OH is 1. The van der Waals surface area contributed by atoms with Crippen molar-refractivity contribution in [1.29, 1.82) is 0 Å². The number of methoxy groups -OCH3 is 1. The van der Waals surface area contributed by atoms with Crippen LogP contribution in [0.2, 0.25) is 0 Å². The van der Waals surface area contributed by atoms with E-state index in [0.29, 0.717) is 23.4 Å². The molecule has 0 aliphatic carbocycles. The monoisotopic (exact) mass is 423 g/mol. The van der Waals surface area contributed by atoms with Crippen molar-refractivity contribution >= 4 is 17.4 Å². The summed E-state index contributed by atoms with van der Waals surface area (Å²) < 4.78 is 5.23. The minimum atomic E-state index is -0.684. The molecule has 0 bridgehead atoms. The van der Waals surface area contributed by atoms with Gasteiger partial charge in [0.1, 0.15) is 11.5 Å². The standard InChI is InChI=1S/C24H29N3O4/c1-4-26(5-2)13-8-14-27-21(18-10-7-12-25-16-18)20(23(29)24(27)30)22(28)17-9-6-11-19(15-17)31-3/h6-7,9-12,15-16,21,28H,4-5,8,13-14H2,1-3H3/t21-/m1/s1. The van der Waals surface area contributed by atoms with Crippen molar-refractivity contribution < 1.29 is 19.4 Å². The van der Waals surface area contributed by atoms with Crippen molar-refractivity contribution in [3.8, 4) is 5.75 Å². The molecular formula is C24H29N3O4. The van der Waals surface area contributed by atoms with Crippen molar-refractivity contribution in [3.05, 3.63) is 65.5 Å². The lowest BCUT2D eigenvalue weighted by Gasteiger charge is -2.26. The van der Waals surface area contributed by atoms with E-state index in [2.05, 4.69) is 23.7 Å². The largest absolute Gasteiger partial charge is 0.507 e.